The number of hydrogen-bond acceptors (Lipinski definition) is 13. The molecule has 200 valence electrons. The van der Waals surface area contributed by atoms with Crippen LogP contribution >= 0.6 is 15.6 Å². The highest BCUT2D eigenvalue weighted by molar-refractivity contribution is 7.61. The lowest BCUT2D eigenvalue weighted by molar-refractivity contribution is -0.271. The molecule has 2 aliphatic heterocycles. The summed E-state index contributed by atoms with van der Waals surface area (Å²) >= 11 is 0. The first-order valence-electron chi connectivity index (χ1n) is 10.2. The van der Waals surface area contributed by atoms with Crippen LogP contribution in [0.1, 0.15) is 25.1 Å². The van der Waals surface area contributed by atoms with E-state index in [0.29, 0.717) is 0 Å². The molecule has 17 nitrogen and oxygen atoms in total. The third-order valence-corrected chi connectivity index (χ3v) is 7.91. The predicted octanol–water partition coefficient (Wildman–Crippen LogP) is -2.43. The lowest BCUT2D eigenvalue weighted by Crippen LogP contribution is -2.57. The van der Waals surface area contributed by atoms with Crippen molar-refractivity contribution in [2.75, 3.05) is 6.61 Å². The predicted molar refractivity (Wildman–Crippen MR) is 111 cm³/mol. The van der Waals surface area contributed by atoms with Crippen LogP contribution in [0, 0.1) is 6.92 Å². The largest absolute Gasteiger partial charge is 0.483 e. The van der Waals surface area contributed by atoms with Gasteiger partial charge in [0.25, 0.3) is 5.56 Å². The van der Waals surface area contributed by atoms with Crippen LogP contribution in [0.2, 0.25) is 0 Å². The Balaban J connectivity index is 1.59. The molecule has 0 amide bonds. The van der Waals surface area contributed by atoms with Crippen molar-refractivity contribution in [1.29, 1.82) is 0 Å². The second-order valence-corrected chi connectivity index (χ2v) is 11.0. The fraction of sp³-hybridized carbons (Fsp3) is 0.750. The van der Waals surface area contributed by atoms with E-state index in [-0.39, 0.29) is 12.0 Å². The number of rotatable bonds is 8. The number of aryl methyl sites for hydroxylation is 1. The molecule has 0 aromatic carbocycles. The molecule has 3 rings (SSSR count). The van der Waals surface area contributed by atoms with Gasteiger partial charge < -0.3 is 39.7 Å². The Morgan fingerprint density at radius 2 is 1.74 bits per heavy atom. The highest BCUT2D eigenvalue weighted by atomic mass is 31.3. The summed E-state index contributed by atoms with van der Waals surface area (Å²) < 4.78 is 49.0. The number of aromatic amines is 1. The lowest BCUT2D eigenvalue weighted by Gasteiger charge is -2.38. The zero-order chi connectivity index (χ0) is 26.3. The van der Waals surface area contributed by atoms with Crippen LogP contribution in [-0.4, -0.2) is 89.3 Å². The summed E-state index contributed by atoms with van der Waals surface area (Å²) in [6, 6.07) is 0. The SMILES string of the molecule is Cc1cn(C2CC(O)C(COP(=O)(O)OP(=O)(O)OC3OC(C)C(O)C(O)C3O)O2)c(=O)[nH]c1=O. The minimum atomic E-state index is -5.44. The Morgan fingerprint density at radius 3 is 2.40 bits per heavy atom. The van der Waals surface area contributed by atoms with Crippen molar-refractivity contribution in [2.24, 2.45) is 0 Å². The van der Waals surface area contributed by atoms with Gasteiger partial charge in [-0.1, -0.05) is 0 Å². The quantitative estimate of drug-likeness (QED) is 0.167. The second kappa shape index (κ2) is 10.6. The Hall–Kier alpha value is -1.30. The molecule has 0 radical (unpaired) electrons. The maximum Gasteiger partial charge on any atom is 0.483 e. The van der Waals surface area contributed by atoms with Gasteiger partial charge in [0.05, 0.1) is 18.8 Å². The topological polar surface area (TPSA) is 257 Å². The number of aliphatic hydroxyl groups excluding tert-OH is 4. The Bertz CT molecular complexity index is 1120. The van der Waals surface area contributed by atoms with Gasteiger partial charge in [-0.15, -0.1) is 0 Å². The maximum absolute atomic E-state index is 12.2. The molecule has 0 aliphatic carbocycles. The van der Waals surface area contributed by atoms with Gasteiger partial charge in [-0.25, -0.2) is 13.9 Å². The molecule has 2 fully saturated rings. The van der Waals surface area contributed by atoms with Crippen molar-refractivity contribution in [2.45, 2.75) is 69.4 Å². The van der Waals surface area contributed by atoms with Crippen LogP contribution in [0.5, 0.6) is 0 Å². The van der Waals surface area contributed by atoms with Gasteiger partial charge in [-0.05, 0) is 13.8 Å². The van der Waals surface area contributed by atoms with Crippen LogP contribution in [-0.2, 0) is 32.0 Å². The molecule has 2 saturated heterocycles. The number of phosphoric ester groups is 2. The molecule has 19 heteroatoms. The van der Waals surface area contributed by atoms with Crippen molar-refractivity contribution >= 4 is 15.6 Å². The van der Waals surface area contributed by atoms with E-state index in [1.54, 1.807) is 0 Å². The Kier molecular flexibility index (Phi) is 8.56. The van der Waals surface area contributed by atoms with Crippen molar-refractivity contribution in [3.05, 3.63) is 32.6 Å². The molecule has 0 spiro atoms. The average molecular weight is 548 g/mol. The molecule has 10 atom stereocenters. The molecular formula is C16H26N2O15P2. The zero-order valence-electron chi connectivity index (χ0n) is 18.3. The van der Waals surface area contributed by atoms with Gasteiger partial charge in [-0.3, -0.25) is 23.4 Å². The van der Waals surface area contributed by atoms with Crippen LogP contribution in [0.3, 0.4) is 0 Å². The monoisotopic (exact) mass is 548 g/mol. The molecular weight excluding hydrogens is 522 g/mol. The van der Waals surface area contributed by atoms with E-state index in [0.717, 1.165) is 4.57 Å². The number of ether oxygens (including phenoxy) is 2. The molecule has 1 aromatic rings. The number of aromatic nitrogens is 2. The highest BCUT2D eigenvalue weighted by Gasteiger charge is 2.47. The summed E-state index contributed by atoms with van der Waals surface area (Å²) in [5.74, 6) is 0. The van der Waals surface area contributed by atoms with E-state index in [9.17, 15) is 48.9 Å². The van der Waals surface area contributed by atoms with Gasteiger partial charge in [0.2, 0.25) is 0 Å². The van der Waals surface area contributed by atoms with Crippen molar-refractivity contribution in [3.63, 3.8) is 0 Å². The summed E-state index contributed by atoms with van der Waals surface area (Å²) in [6.45, 7) is 1.88. The second-order valence-electron chi connectivity index (χ2n) is 8.01. The van der Waals surface area contributed by atoms with E-state index in [4.69, 9.17) is 9.47 Å². The number of aliphatic hydroxyl groups is 4. The number of phosphoric acid groups is 2. The zero-order valence-corrected chi connectivity index (χ0v) is 20.1. The normalized spacial score (nSPS) is 37.0. The molecule has 1 aromatic heterocycles. The van der Waals surface area contributed by atoms with Gasteiger partial charge in [0, 0.05) is 18.2 Å². The smallest absolute Gasteiger partial charge is 0.390 e. The van der Waals surface area contributed by atoms with Crippen LogP contribution < -0.4 is 11.2 Å². The molecule has 10 unspecified atom stereocenters. The summed E-state index contributed by atoms with van der Waals surface area (Å²) in [6.07, 6.45) is -11.0. The summed E-state index contributed by atoms with van der Waals surface area (Å²) in [5.41, 5.74) is -1.23. The molecule has 2 aliphatic rings. The number of nitrogens with one attached hydrogen (secondary N) is 1. The standard InChI is InChI=1S/C16H26N2O15P2/c1-6-4-18(16(24)17-14(6)23)10-3-8(19)9(31-10)5-29-34(25,26)33-35(27,28)32-15-13(22)12(21)11(20)7(2)30-15/h4,7-13,15,19-22H,3,5H2,1-2H3,(H,25,26)(H,27,28)(H,17,23,24). The number of H-pyrrole nitrogens is 1. The van der Waals surface area contributed by atoms with Crippen LogP contribution in [0.15, 0.2) is 15.8 Å². The third kappa shape index (κ3) is 6.72. The van der Waals surface area contributed by atoms with E-state index in [1.807, 2.05) is 0 Å². The van der Waals surface area contributed by atoms with Gasteiger partial charge in [0.15, 0.2) is 6.29 Å². The minimum Gasteiger partial charge on any atom is -0.390 e. The number of nitrogens with zero attached hydrogens (tertiary/aromatic N) is 1. The summed E-state index contributed by atoms with van der Waals surface area (Å²) in [4.78, 5) is 45.2. The Labute approximate surface area is 196 Å². The summed E-state index contributed by atoms with van der Waals surface area (Å²) in [7, 11) is -10.8. The Morgan fingerprint density at radius 1 is 1.09 bits per heavy atom. The van der Waals surface area contributed by atoms with E-state index >= 15 is 0 Å². The first kappa shape index (κ1) is 28.3. The fourth-order valence-corrected chi connectivity index (χ4v) is 5.57. The third-order valence-electron chi connectivity index (χ3n) is 5.31. The first-order valence-corrected chi connectivity index (χ1v) is 13.1. The van der Waals surface area contributed by atoms with Crippen LogP contribution in [0.25, 0.3) is 0 Å². The van der Waals surface area contributed by atoms with Crippen molar-refractivity contribution in [3.8, 4) is 0 Å². The number of hydrogen-bond donors (Lipinski definition) is 7. The van der Waals surface area contributed by atoms with Crippen molar-refractivity contribution < 1.29 is 62.2 Å². The highest BCUT2D eigenvalue weighted by Crippen LogP contribution is 2.61. The minimum absolute atomic E-state index is 0.152. The average Bonchev–Trinajstić information content (AvgIpc) is 3.11. The van der Waals surface area contributed by atoms with Gasteiger partial charge >= 0.3 is 21.3 Å². The molecule has 35 heavy (non-hydrogen) atoms. The van der Waals surface area contributed by atoms with Crippen LogP contribution in [0.4, 0.5) is 0 Å². The molecule has 0 bridgehead atoms. The lowest BCUT2D eigenvalue weighted by atomic mass is 10.0. The van der Waals surface area contributed by atoms with Gasteiger partial charge in [-0.2, -0.15) is 4.31 Å². The first-order chi connectivity index (χ1) is 16.1. The van der Waals surface area contributed by atoms with E-state index in [2.05, 4.69) is 18.3 Å². The molecule has 0 saturated carbocycles. The van der Waals surface area contributed by atoms with E-state index < -0.39 is 82.6 Å². The van der Waals surface area contributed by atoms with E-state index in [1.165, 1.54) is 20.0 Å². The van der Waals surface area contributed by atoms with Gasteiger partial charge in [0.1, 0.15) is 30.6 Å². The molecule has 3 heterocycles. The maximum atomic E-state index is 12.2. The summed E-state index contributed by atoms with van der Waals surface area (Å²) in [5, 5.41) is 39.3. The fourth-order valence-electron chi connectivity index (χ4n) is 3.41. The molecule has 7 N–H and O–H groups in total. The van der Waals surface area contributed by atoms with Crippen molar-refractivity contribution in [1.82, 2.24) is 9.55 Å².